The van der Waals surface area contributed by atoms with Crippen molar-refractivity contribution in [3.63, 3.8) is 0 Å². The second kappa shape index (κ2) is 5.81. The van der Waals surface area contributed by atoms with Crippen LogP contribution in [0.2, 0.25) is 0 Å². The summed E-state index contributed by atoms with van der Waals surface area (Å²) in [7, 11) is -11.6. The molecule has 0 atom stereocenters. The minimum atomic E-state index is -5.82. The molecule has 72 valence electrons. The molecule has 0 amide bonds. The Hall–Kier alpha value is 1.86. The van der Waals surface area contributed by atoms with E-state index in [1.54, 1.807) is 0 Å². The first-order valence-electron chi connectivity index (χ1n) is 2.27. The third-order valence-corrected chi connectivity index (χ3v) is 4.58. The molecule has 0 aromatic heterocycles. The van der Waals surface area contributed by atoms with Crippen LogP contribution in [0.4, 0.5) is 0 Å². The Bertz CT molecular complexity index is 215. The van der Waals surface area contributed by atoms with Crippen LogP contribution in [0.15, 0.2) is 0 Å². The van der Waals surface area contributed by atoms with E-state index in [-0.39, 0.29) is 54.7 Å². The van der Waals surface area contributed by atoms with Crippen LogP contribution < -0.4 is 19.6 Å². The molecule has 13 heavy (non-hydrogen) atoms. The topological polar surface area (TPSA) is 147 Å². The van der Waals surface area contributed by atoms with E-state index < -0.39 is 20.3 Å². The predicted octanol–water partition coefficient (Wildman–Crippen LogP) is -4.28. The van der Waals surface area contributed by atoms with Gasteiger partial charge >= 0.3 is 47.8 Å². The van der Waals surface area contributed by atoms with Gasteiger partial charge in [-0.1, -0.05) is 0 Å². The van der Waals surface area contributed by atoms with Crippen LogP contribution in [-0.2, 0) is 9.13 Å². The SMILES string of the molecule is CC(O)(P(=O)([O-])[O-])P(=O)([O-])[O-].[Sn+2].[Sn+2]. The van der Waals surface area contributed by atoms with Crippen molar-refractivity contribution in [2.24, 2.45) is 0 Å². The predicted molar refractivity (Wildman–Crippen MR) is 37.3 cm³/mol. The van der Waals surface area contributed by atoms with E-state index in [0.717, 1.165) is 0 Å². The maximum atomic E-state index is 9.95. The average molecular weight is 439 g/mol. The molecule has 0 aliphatic carbocycles. The Kier molecular flexibility index (Phi) is 9.07. The molecule has 0 fully saturated rings. The van der Waals surface area contributed by atoms with E-state index in [4.69, 9.17) is 5.11 Å². The first kappa shape index (κ1) is 20.3. The van der Waals surface area contributed by atoms with Gasteiger partial charge in [-0.3, -0.25) is 0 Å². The van der Waals surface area contributed by atoms with Gasteiger partial charge in [0.2, 0.25) is 0 Å². The molecule has 4 radical (unpaired) electrons. The van der Waals surface area contributed by atoms with Crippen molar-refractivity contribution in [3.05, 3.63) is 0 Å². The summed E-state index contributed by atoms with van der Waals surface area (Å²) >= 11 is 0. The average Bonchev–Trinajstić information content (AvgIpc) is 1.58. The summed E-state index contributed by atoms with van der Waals surface area (Å²) in [4.78, 5) is 39.8. The molecule has 0 aliphatic heterocycles. The van der Waals surface area contributed by atoms with Crippen molar-refractivity contribution >= 4 is 63.0 Å². The van der Waals surface area contributed by atoms with Crippen molar-refractivity contribution in [3.8, 4) is 0 Å². The van der Waals surface area contributed by atoms with Gasteiger partial charge in [0.1, 0.15) is 5.08 Å². The molecule has 1 N–H and O–H groups in total. The van der Waals surface area contributed by atoms with Crippen LogP contribution in [0.1, 0.15) is 6.92 Å². The third kappa shape index (κ3) is 4.94. The van der Waals surface area contributed by atoms with Gasteiger partial charge in [-0.25, -0.2) is 0 Å². The van der Waals surface area contributed by atoms with Gasteiger partial charge < -0.3 is 33.8 Å². The van der Waals surface area contributed by atoms with Crippen molar-refractivity contribution in [2.75, 3.05) is 0 Å². The fourth-order valence-corrected chi connectivity index (χ4v) is 1.35. The zero-order valence-corrected chi connectivity index (χ0v) is 13.8. The summed E-state index contributed by atoms with van der Waals surface area (Å²) in [5, 5.41) is 4.68. The third-order valence-electron chi connectivity index (χ3n) is 1.04. The van der Waals surface area contributed by atoms with Crippen LogP contribution in [-0.4, -0.2) is 58.0 Å². The van der Waals surface area contributed by atoms with Crippen LogP contribution in [0, 0.1) is 0 Å². The summed E-state index contributed by atoms with van der Waals surface area (Å²) in [6.45, 7) is 0.133. The maximum absolute atomic E-state index is 9.95. The Morgan fingerprint density at radius 3 is 1.15 bits per heavy atom. The summed E-state index contributed by atoms with van der Waals surface area (Å²) in [6.07, 6.45) is 0. The van der Waals surface area contributed by atoms with Gasteiger partial charge in [0.15, 0.2) is 0 Å². The van der Waals surface area contributed by atoms with Crippen molar-refractivity contribution < 1.29 is 33.8 Å². The molecule has 0 saturated carbocycles. The van der Waals surface area contributed by atoms with Crippen LogP contribution >= 0.6 is 15.2 Å². The number of rotatable bonds is 2. The van der Waals surface area contributed by atoms with Crippen molar-refractivity contribution in [1.82, 2.24) is 0 Å². The molecular weight excluding hydrogens is 435 g/mol. The molecular formula is C2H4O7P2Sn2. The molecule has 7 nitrogen and oxygen atoms in total. The zero-order valence-electron chi connectivity index (χ0n) is 6.29. The van der Waals surface area contributed by atoms with Gasteiger partial charge in [0.05, 0.1) is 0 Å². The van der Waals surface area contributed by atoms with E-state index in [2.05, 4.69) is 0 Å². The fraction of sp³-hybridized carbons (Fsp3) is 1.00. The first-order chi connectivity index (χ1) is 4.50. The molecule has 0 bridgehead atoms. The Balaban J connectivity index is -0.000000500. The van der Waals surface area contributed by atoms with E-state index in [9.17, 15) is 28.7 Å². The Labute approximate surface area is 108 Å². The smallest absolute Gasteiger partial charge is 0.808 e. The molecule has 0 aromatic carbocycles. The van der Waals surface area contributed by atoms with Crippen LogP contribution in [0.5, 0.6) is 0 Å². The summed E-state index contributed by atoms with van der Waals surface area (Å²) in [6, 6.07) is 0. The zero-order chi connectivity index (χ0) is 9.50. The van der Waals surface area contributed by atoms with E-state index >= 15 is 0 Å². The van der Waals surface area contributed by atoms with Gasteiger partial charge in [0.25, 0.3) is 0 Å². The molecule has 11 heteroatoms. The van der Waals surface area contributed by atoms with E-state index in [1.807, 2.05) is 0 Å². The van der Waals surface area contributed by atoms with Crippen molar-refractivity contribution in [2.45, 2.75) is 12.0 Å². The molecule has 0 spiro atoms. The minimum Gasteiger partial charge on any atom is -0.808 e. The largest absolute Gasteiger partial charge is 2.00 e. The standard InChI is InChI=1S/C2H8O7P2.2Sn/c1-2(3,10(4,5)6)11(7,8)9;;/h3H,1H3,(H2,4,5,6)(H2,7,8,9);;/q;2*+2/p-4. The van der Waals surface area contributed by atoms with E-state index in [0.29, 0.717) is 0 Å². The summed E-state index contributed by atoms with van der Waals surface area (Å²) < 4.78 is 19.9. The van der Waals surface area contributed by atoms with Gasteiger partial charge in [0, 0.05) is 0 Å². The molecule has 0 unspecified atom stereocenters. The van der Waals surface area contributed by atoms with Gasteiger partial charge in [-0.15, -0.1) is 0 Å². The molecule has 0 rings (SSSR count). The summed E-state index contributed by atoms with van der Waals surface area (Å²) in [5.41, 5.74) is 0. The monoisotopic (exact) mass is 442 g/mol. The van der Waals surface area contributed by atoms with Crippen LogP contribution in [0.25, 0.3) is 0 Å². The molecule has 0 aromatic rings. The molecule has 0 aliphatic rings. The quantitative estimate of drug-likeness (QED) is 0.338. The van der Waals surface area contributed by atoms with Crippen LogP contribution in [0.3, 0.4) is 0 Å². The second-order valence-corrected chi connectivity index (χ2v) is 6.05. The van der Waals surface area contributed by atoms with E-state index in [1.165, 1.54) is 0 Å². The van der Waals surface area contributed by atoms with Crippen molar-refractivity contribution in [1.29, 1.82) is 0 Å². The van der Waals surface area contributed by atoms with Gasteiger partial charge in [-0.2, -0.15) is 0 Å². The fourth-order valence-electron chi connectivity index (χ4n) is 0.150. The molecule has 0 saturated heterocycles. The first-order valence-corrected chi connectivity index (χ1v) is 5.35. The Morgan fingerprint density at radius 2 is 1.15 bits per heavy atom. The Morgan fingerprint density at radius 1 is 1.00 bits per heavy atom. The maximum Gasteiger partial charge on any atom is 2.00 e. The summed E-state index contributed by atoms with van der Waals surface area (Å²) in [5.74, 6) is 0. The minimum absolute atomic E-state index is 0. The molecule has 0 heterocycles. The second-order valence-electron chi connectivity index (χ2n) is 1.97. The number of aliphatic hydroxyl groups is 1. The number of hydrogen-bond acceptors (Lipinski definition) is 7. The van der Waals surface area contributed by atoms with Gasteiger partial charge in [-0.05, 0) is 22.1 Å². The number of hydrogen-bond donors (Lipinski definition) is 1. The normalized spacial score (nSPS) is 12.8.